The van der Waals surface area contributed by atoms with Gasteiger partial charge in [-0.3, -0.25) is 19.5 Å². The van der Waals surface area contributed by atoms with E-state index in [1.165, 1.54) is 36.2 Å². The van der Waals surface area contributed by atoms with Gasteiger partial charge in [0.1, 0.15) is 17.1 Å². The van der Waals surface area contributed by atoms with Crippen LogP contribution >= 0.6 is 11.3 Å². The van der Waals surface area contributed by atoms with Crippen molar-refractivity contribution < 1.29 is 14.3 Å². The highest BCUT2D eigenvalue weighted by Gasteiger charge is 2.17. The van der Waals surface area contributed by atoms with E-state index in [-0.39, 0.29) is 5.56 Å². The number of carbonyl (C=O) groups is 1. The van der Waals surface area contributed by atoms with Crippen LogP contribution in [0.3, 0.4) is 0 Å². The number of aryl methyl sites for hydroxylation is 1. The monoisotopic (exact) mass is 402 g/mol. The molecule has 2 heterocycles. The second-order valence-corrected chi connectivity index (χ2v) is 6.72. The van der Waals surface area contributed by atoms with E-state index in [4.69, 9.17) is 9.47 Å². The van der Waals surface area contributed by atoms with Crippen molar-refractivity contribution in [3.63, 3.8) is 0 Å². The number of rotatable bonds is 5. The average Bonchev–Trinajstić information content (AvgIpc) is 3.16. The Morgan fingerprint density at radius 2 is 1.93 bits per heavy atom. The number of nitrogens with zero attached hydrogens (tertiary/aromatic N) is 3. The van der Waals surface area contributed by atoms with Crippen molar-refractivity contribution in [3.8, 4) is 22.8 Å². The molecule has 3 rings (SSSR count). The summed E-state index contributed by atoms with van der Waals surface area (Å²) in [6.45, 7) is 0. The van der Waals surface area contributed by atoms with Gasteiger partial charge in [-0.15, -0.1) is 11.3 Å². The van der Waals surface area contributed by atoms with Gasteiger partial charge >= 0.3 is 5.69 Å². The van der Waals surface area contributed by atoms with Gasteiger partial charge in [-0.25, -0.2) is 9.78 Å². The molecule has 0 aliphatic heterocycles. The number of benzene rings is 1. The fourth-order valence-electron chi connectivity index (χ4n) is 2.60. The maximum Gasteiger partial charge on any atom is 0.330 e. The molecule has 28 heavy (non-hydrogen) atoms. The molecule has 0 radical (unpaired) electrons. The highest BCUT2D eigenvalue weighted by molar-refractivity contribution is 7.14. The molecular formula is C18H18N4O5S. The van der Waals surface area contributed by atoms with Crippen molar-refractivity contribution in [1.82, 2.24) is 14.1 Å². The molecule has 0 saturated heterocycles. The lowest BCUT2D eigenvalue weighted by molar-refractivity contribution is 0.102. The lowest BCUT2D eigenvalue weighted by atomic mass is 10.1. The van der Waals surface area contributed by atoms with Gasteiger partial charge in [0.2, 0.25) is 0 Å². The number of nitrogens with one attached hydrogen (secondary N) is 1. The number of hydrogen-bond donors (Lipinski definition) is 1. The number of anilines is 1. The molecule has 0 spiro atoms. The Kier molecular flexibility index (Phi) is 5.32. The molecule has 9 nitrogen and oxygen atoms in total. The van der Waals surface area contributed by atoms with E-state index in [9.17, 15) is 14.4 Å². The first-order valence-corrected chi connectivity index (χ1v) is 8.99. The van der Waals surface area contributed by atoms with Crippen LogP contribution in [0.5, 0.6) is 11.5 Å². The number of methoxy groups -OCH3 is 2. The summed E-state index contributed by atoms with van der Waals surface area (Å²) in [5.74, 6) is 0.605. The van der Waals surface area contributed by atoms with Gasteiger partial charge in [-0.1, -0.05) is 0 Å². The zero-order chi connectivity index (χ0) is 20.4. The molecule has 0 saturated carbocycles. The van der Waals surface area contributed by atoms with Crippen LogP contribution < -0.4 is 26.0 Å². The van der Waals surface area contributed by atoms with Crippen LogP contribution in [0.25, 0.3) is 11.3 Å². The fraction of sp³-hybridized carbons (Fsp3) is 0.222. The van der Waals surface area contributed by atoms with E-state index in [1.807, 2.05) is 0 Å². The third-order valence-corrected chi connectivity index (χ3v) is 4.86. The van der Waals surface area contributed by atoms with Crippen LogP contribution in [0.1, 0.15) is 10.4 Å². The summed E-state index contributed by atoms with van der Waals surface area (Å²) in [6, 6.07) is 5.31. The molecule has 0 fully saturated rings. The maximum atomic E-state index is 12.5. The second kappa shape index (κ2) is 7.69. The molecule has 10 heteroatoms. The smallest absolute Gasteiger partial charge is 0.330 e. The fourth-order valence-corrected chi connectivity index (χ4v) is 3.30. The zero-order valence-electron chi connectivity index (χ0n) is 15.7. The lowest BCUT2D eigenvalue weighted by Crippen LogP contribution is -2.40. The topological polar surface area (TPSA) is 104 Å². The zero-order valence-corrected chi connectivity index (χ0v) is 16.5. The first-order chi connectivity index (χ1) is 13.3. The van der Waals surface area contributed by atoms with Crippen LogP contribution in [-0.4, -0.2) is 34.2 Å². The Morgan fingerprint density at radius 3 is 2.61 bits per heavy atom. The number of ether oxygens (including phenoxy) is 2. The molecule has 146 valence electrons. The summed E-state index contributed by atoms with van der Waals surface area (Å²) in [4.78, 5) is 40.9. The van der Waals surface area contributed by atoms with Gasteiger partial charge in [0.25, 0.3) is 11.5 Å². The van der Waals surface area contributed by atoms with Gasteiger partial charge in [0, 0.05) is 31.2 Å². The molecule has 1 amide bonds. The number of thiazole rings is 1. The van der Waals surface area contributed by atoms with Crippen LogP contribution in [0.15, 0.2) is 39.4 Å². The van der Waals surface area contributed by atoms with Crippen molar-refractivity contribution in [2.45, 2.75) is 0 Å². The molecule has 1 N–H and O–H groups in total. The van der Waals surface area contributed by atoms with Crippen molar-refractivity contribution >= 4 is 22.4 Å². The largest absolute Gasteiger partial charge is 0.497 e. The summed E-state index contributed by atoms with van der Waals surface area (Å²) in [7, 11) is 5.90. The molecule has 1 aromatic carbocycles. The highest BCUT2D eigenvalue weighted by atomic mass is 32.1. The van der Waals surface area contributed by atoms with E-state index >= 15 is 0 Å². The number of hydrogen-bond acceptors (Lipinski definition) is 7. The van der Waals surface area contributed by atoms with E-state index in [2.05, 4.69) is 10.3 Å². The van der Waals surface area contributed by atoms with Crippen LogP contribution in [-0.2, 0) is 14.1 Å². The molecule has 0 aliphatic carbocycles. The Morgan fingerprint density at radius 1 is 1.18 bits per heavy atom. The third kappa shape index (κ3) is 3.54. The minimum absolute atomic E-state index is 0.152. The van der Waals surface area contributed by atoms with Crippen LogP contribution in [0.4, 0.5) is 5.13 Å². The summed E-state index contributed by atoms with van der Waals surface area (Å²) in [5.41, 5.74) is -0.0450. The Balaban J connectivity index is 1.91. The van der Waals surface area contributed by atoms with Crippen molar-refractivity contribution in [2.75, 3.05) is 19.5 Å². The van der Waals surface area contributed by atoms with Crippen molar-refractivity contribution in [2.24, 2.45) is 14.1 Å². The first kappa shape index (κ1) is 19.4. The minimum Gasteiger partial charge on any atom is -0.497 e. The number of carbonyl (C=O) groups excluding carboxylic acids is 1. The predicted molar refractivity (Wildman–Crippen MR) is 106 cm³/mol. The maximum absolute atomic E-state index is 12.5. The number of aromatic nitrogens is 3. The first-order valence-electron chi connectivity index (χ1n) is 8.11. The van der Waals surface area contributed by atoms with E-state index < -0.39 is 17.2 Å². The summed E-state index contributed by atoms with van der Waals surface area (Å²) < 4.78 is 12.6. The summed E-state index contributed by atoms with van der Waals surface area (Å²) in [6.07, 6.45) is 1.21. The molecule has 2 aromatic heterocycles. The van der Waals surface area contributed by atoms with Crippen LogP contribution in [0, 0.1) is 0 Å². The Bertz CT molecular complexity index is 1160. The average molecular weight is 402 g/mol. The van der Waals surface area contributed by atoms with E-state index in [0.29, 0.717) is 27.9 Å². The Labute approximate surface area is 163 Å². The van der Waals surface area contributed by atoms with Gasteiger partial charge in [0.15, 0.2) is 5.13 Å². The van der Waals surface area contributed by atoms with Gasteiger partial charge < -0.3 is 14.0 Å². The SMILES string of the molecule is COc1ccc(OC)c(-c2csc(NC(=O)c3cn(C)c(=O)n(C)c3=O)n2)c1. The van der Waals surface area contributed by atoms with Gasteiger partial charge in [-0.2, -0.15) is 0 Å². The second-order valence-electron chi connectivity index (χ2n) is 5.86. The molecule has 0 unspecified atom stereocenters. The quantitative estimate of drug-likeness (QED) is 0.693. The molecule has 0 atom stereocenters. The number of amides is 1. The van der Waals surface area contributed by atoms with Crippen LogP contribution in [0.2, 0.25) is 0 Å². The van der Waals surface area contributed by atoms with E-state index in [0.717, 1.165) is 4.57 Å². The Hall–Kier alpha value is -3.40. The summed E-state index contributed by atoms with van der Waals surface area (Å²) in [5, 5.41) is 4.66. The lowest BCUT2D eigenvalue weighted by Gasteiger charge is -2.08. The highest BCUT2D eigenvalue weighted by Crippen LogP contribution is 2.35. The molecule has 0 bridgehead atoms. The minimum atomic E-state index is -0.674. The van der Waals surface area contributed by atoms with Gasteiger partial charge in [0.05, 0.1) is 19.9 Å². The van der Waals surface area contributed by atoms with Crippen molar-refractivity contribution in [3.05, 3.63) is 56.2 Å². The molecule has 3 aromatic rings. The summed E-state index contributed by atoms with van der Waals surface area (Å²) >= 11 is 1.20. The normalized spacial score (nSPS) is 10.6. The molecule has 0 aliphatic rings. The van der Waals surface area contributed by atoms with Crippen molar-refractivity contribution in [1.29, 1.82) is 0 Å². The predicted octanol–water partition coefficient (Wildman–Crippen LogP) is 1.48. The molecular weight excluding hydrogens is 384 g/mol. The van der Waals surface area contributed by atoms with E-state index in [1.54, 1.807) is 37.8 Å². The third-order valence-electron chi connectivity index (χ3n) is 4.10. The van der Waals surface area contributed by atoms with Gasteiger partial charge in [-0.05, 0) is 18.2 Å². The standard InChI is InChI=1S/C18H18N4O5S/c1-21-8-12(16(24)22(2)18(21)25)15(23)20-17-19-13(9-28-17)11-7-10(26-3)5-6-14(11)27-4/h5-9H,1-4H3,(H,19,20,23).